The quantitative estimate of drug-likeness (QED) is 0.220. The highest BCUT2D eigenvalue weighted by molar-refractivity contribution is 7.26. The fraction of sp³-hybridized carbons (Fsp3) is 0. The average molecular weight is 528 g/mol. The van der Waals surface area contributed by atoms with Crippen LogP contribution in [-0.4, -0.2) is 0 Å². The number of fused-ring (bicyclic) bond motifs is 6. The van der Waals surface area contributed by atoms with Crippen molar-refractivity contribution in [1.29, 1.82) is 0 Å². The van der Waals surface area contributed by atoms with Gasteiger partial charge in [0.1, 0.15) is 0 Å². The van der Waals surface area contributed by atoms with E-state index >= 15 is 0 Å². The number of anilines is 3. The Morgan fingerprint density at radius 3 is 1.88 bits per heavy atom. The molecule has 0 radical (unpaired) electrons. The molecule has 188 valence electrons. The predicted molar refractivity (Wildman–Crippen MR) is 174 cm³/mol. The zero-order valence-corrected chi connectivity index (χ0v) is 22.6. The van der Waals surface area contributed by atoms with Crippen molar-refractivity contribution < 1.29 is 0 Å². The van der Waals surface area contributed by atoms with Gasteiger partial charge in [0.05, 0.1) is 5.69 Å². The third-order valence-corrected chi connectivity index (χ3v) is 9.02. The van der Waals surface area contributed by atoms with E-state index in [2.05, 4.69) is 157 Å². The van der Waals surface area contributed by atoms with E-state index in [-0.39, 0.29) is 0 Å². The number of benzene rings is 7. The topological polar surface area (TPSA) is 3.24 Å². The van der Waals surface area contributed by atoms with Crippen LogP contribution in [0.4, 0.5) is 17.1 Å². The molecule has 0 aliphatic carbocycles. The fourth-order valence-electron chi connectivity index (χ4n) is 5.89. The van der Waals surface area contributed by atoms with Gasteiger partial charge in [-0.05, 0) is 69.1 Å². The second-order valence-electron chi connectivity index (χ2n) is 10.2. The monoisotopic (exact) mass is 527 g/mol. The van der Waals surface area contributed by atoms with Gasteiger partial charge in [0, 0.05) is 31.5 Å². The molecule has 0 fully saturated rings. The lowest BCUT2D eigenvalue weighted by molar-refractivity contribution is 1.31. The standard InChI is InChI=1S/C38H25NS/c1-2-10-26(11-3-1)28-18-21-31(22-19-28)39(32-23-20-27-12-4-5-13-29(27)24-32)35-25-30-14-6-7-15-33(30)38-37(35)34-16-8-9-17-36(34)40-38/h1-25H. The van der Waals surface area contributed by atoms with Crippen LogP contribution in [0.1, 0.15) is 0 Å². The van der Waals surface area contributed by atoms with E-state index in [0.29, 0.717) is 0 Å². The molecule has 0 bridgehead atoms. The minimum atomic E-state index is 1.14. The molecular weight excluding hydrogens is 502 g/mol. The second kappa shape index (κ2) is 9.37. The maximum Gasteiger partial charge on any atom is 0.0561 e. The van der Waals surface area contributed by atoms with E-state index < -0.39 is 0 Å². The van der Waals surface area contributed by atoms with Crippen LogP contribution in [0, 0.1) is 0 Å². The van der Waals surface area contributed by atoms with Crippen LogP contribution >= 0.6 is 11.3 Å². The van der Waals surface area contributed by atoms with E-state index in [9.17, 15) is 0 Å². The third-order valence-electron chi connectivity index (χ3n) is 7.81. The molecule has 1 nitrogen and oxygen atoms in total. The van der Waals surface area contributed by atoms with Gasteiger partial charge in [0.25, 0.3) is 0 Å². The molecule has 2 heteroatoms. The van der Waals surface area contributed by atoms with Gasteiger partial charge in [0.2, 0.25) is 0 Å². The highest BCUT2D eigenvalue weighted by atomic mass is 32.1. The van der Waals surface area contributed by atoms with Crippen molar-refractivity contribution in [2.75, 3.05) is 4.90 Å². The number of hydrogen-bond acceptors (Lipinski definition) is 2. The summed E-state index contributed by atoms with van der Waals surface area (Å²) in [4.78, 5) is 2.44. The summed E-state index contributed by atoms with van der Waals surface area (Å²) < 4.78 is 2.65. The van der Waals surface area contributed by atoms with Gasteiger partial charge >= 0.3 is 0 Å². The fourth-order valence-corrected chi connectivity index (χ4v) is 7.15. The number of rotatable bonds is 4. The first-order valence-electron chi connectivity index (χ1n) is 13.6. The van der Waals surface area contributed by atoms with Crippen molar-refractivity contribution in [3.8, 4) is 11.1 Å². The van der Waals surface area contributed by atoms with Gasteiger partial charge in [0.15, 0.2) is 0 Å². The van der Waals surface area contributed by atoms with Crippen LogP contribution in [0.25, 0.3) is 52.8 Å². The van der Waals surface area contributed by atoms with Crippen molar-refractivity contribution in [2.45, 2.75) is 0 Å². The summed E-state index contributed by atoms with van der Waals surface area (Å²) in [5.41, 5.74) is 5.93. The summed E-state index contributed by atoms with van der Waals surface area (Å²) >= 11 is 1.89. The summed E-state index contributed by atoms with van der Waals surface area (Å²) in [5, 5.41) is 7.64. The number of thiophene rings is 1. The van der Waals surface area contributed by atoms with E-state index in [1.807, 2.05) is 11.3 Å². The molecule has 0 spiro atoms. The summed E-state index contributed by atoms with van der Waals surface area (Å²) in [7, 11) is 0. The van der Waals surface area contributed by atoms with E-state index in [4.69, 9.17) is 0 Å². The molecule has 8 rings (SSSR count). The van der Waals surface area contributed by atoms with Gasteiger partial charge in [-0.25, -0.2) is 0 Å². The molecule has 0 unspecified atom stereocenters. The molecule has 40 heavy (non-hydrogen) atoms. The molecule has 7 aromatic carbocycles. The molecule has 0 saturated carbocycles. The summed E-state index contributed by atoms with van der Waals surface area (Å²) in [6.07, 6.45) is 0. The Morgan fingerprint density at radius 1 is 0.425 bits per heavy atom. The highest BCUT2D eigenvalue weighted by Crippen LogP contribution is 2.48. The van der Waals surface area contributed by atoms with Crippen molar-refractivity contribution in [1.82, 2.24) is 0 Å². The Bertz CT molecular complexity index is 2160. The van der Waals surface area contributed by atoms with Crippen LogP contribution < -0.4 is 4.90 Å². The van der Waals surface area contributed by atoms with E-state index in [0.717, 1.165) is 11.4 Å². The average Bonchev–Trinajstić information content (AvgIpc) is 3.42. The summed E-state index contributed by atoms with van der Waals surface area (Å²) in [5.74, 6) is 0. The Labute approximate surface area is 237 Å². The summed E-state index contributed by atoms with van der Waals surface area (Å²) in [6, 6.07) is 54.9. The normalized spacial score (nSPS) is 11.5. The molecule has 0 aliphatic rings. The van der Waals surface area contributed by atoms with Crippen molar-refractivity contribution in [3.63, 3.8) is 0 Å². The Hall–Kier alpha value is -4.92. The molecular formula is C38H25NS. The molecule has 0 N–H and O–H groups in total. The zero-order chi connectivity index (χ0) is 26.5. The predicted octanol–water partition coefficient (Wildman–Crippen LogP) is 11.5. The van der Waals surface area contributed by atoms with Crippen molar-refractivity contribution >= 4 is 70.1 Å². The van der Waals surface area contributed by atoms with Crippen molar-refractivity contribution in [3.05, 3.63) is 152 Å². The molecule has 8 aromatic rings. The minimum Gasteiger partial charge on any atom is -0.310 e. The first-order valence-corrected chi connectivity index (χ1v) is 14.4. The molecule has 1 aromatic heterocycles. The largest absolute Gasteiger partial charge is 0.310 e. The molecule has 0 amide bonds. The molecule has 0 saturated heterocycles. The van der Waals surface area contributed by atoms with Crippen LogP contribution in [0.5, 0.6) is 0 Å². The van der Waals surface area contributed by atoms with Gasteiger partial charge < -0.3 is 4.90 Å². The van der Waals surface area contributed by atoms with Crippen molar-refractivity contribution in [2.24, 2.45) is 0 Å². The van der Waals surface area contributed by atoms with Crippen LogP contribution in [-0.2, 0) is 0 Å². The van der Waals surface area contributed by atoms with E-state index in [1.54, 1.807) is 0 Å². The van der Waals surface area contributed by atoms with Crippen LogP contribution in [0.2, 0.25) is 0 Å². The molecule has 0 aliphatic heterocycles. The third kappa shape index (κ3) is 3.77. The summed E-state index contributed by atoms with van der Waals surface area (Å²) in [6.45, 7) is 0. The first-order chi connectivity index (χ1) is 19.8. The minimum absolute atomic E-state index is 1.14. The van der Waals surface area contributed by atoms with Crippen LogP contribution in [0.3, 0.4) is 0 Å². The van der Waals surface area contributed by atoms with Gasteiger partial charge in [-0.1, -0.05) is 115 Å². The zero-order valence-electron chi connectivity index (χ0n) is 21.8. The maximum atomic E-state index is 2.44. The molecule has 1 heterocycles. The maximum absolute atomic E-state index is 2.44. The van der Waals surface area contributed by atoms with Gasteiger partial charge in [-0.3, -0.25) is 0 Å². The molecule has 0 atom stereocenters. The lowest BCUT2D eigenvalue weighted by atomic mass is 10.0. The van der Waals surface area contributed by atoms with Gasteiger partial charge in [-0.15, -0.1) is 11.3 Å². The second-order valence-corrected chi connectivity index (χ2v) is 11.3. The number of nitrogens with zero attached hydrogens (tertiary/aromatic N) is 1. The van der Waals surface area contributed by atoms with Crippen LogP contribution in [0.15, 0.2) is 152 Å². The first kappa shape index (κ1) is 23.0. The highest BCUT2D eigenvalue weighted by Gasteiger charge is 2.21. The van der Waals surface area contributed by atoms with Gasteiger partial charge in [-0.2, -0.15) is 0 Å². The SMILES string of the molecule is c1ccc(-c2ccc(N(c3ccc4ccccc4c3)c3cc4ccccc4c4sc5ccccc5c34)cc2)cc1. The number of hydrogen-bond donors (Lipinski definition) is 0. The Kier molecular flexibility index (Phi) is 5.39. The lowest BCUT2D eigenvalue weighted by Crippen LogP contribution is -2.10. The Balaban J connectivity index is 1.43. The smallest absolute Gasteiger partial charge is 0.0561 e. The van der Waals surface area contributed by atoms with E-state index in [1.165, 1.54) is 58.5 Å². The Morgan fingerprint density at radius 2 is 1.05 bits per heavy atom. The lowest BCUT2D eigenvalue weighted by Gasteiger charge is -2.27.